The summed E-state index contributed by atoms with van der Waals surface area (Å²) in [4.78, 5) is 14.4. The molecule has 4 nitrogen and oxygen atoms in total. The molecule has 0 radical (unpaired) electrons. The zero-order valence-electron chi connectivity index (χ0n) is 14.7. The quantitative estimate of drug-likeness (QED) is 0.810. The van der Waals surface area contributed by atoms with Gasteiger partial charge in [-0.3, -0.25) is 4.79 Å². The molecule has 2 aromatic carbocycles. The summed E-state index contributed by atoms with van der Waals surface area (Å²) in [6.07, 6.45) is 0. The number of nitrogens with zero attached hydrogens (tertiary/aromatic N) is 1. The number of carbonyl (C=O) groups is 1. The molecule has 0 heterocycles. The Morgan fingerprint density at radius 3 is 2.58 bits per heavy atom. The van der Waals surface area contributed by atoms with E-state index in [9.17, 15) is 4.79 Å². The lowest BCUT2D eigenvalue weighted by Crippen LogP contribution is -2.32. The van der Waals surface area contributed by atoms with Crippen LogP contribution in [0.15, 0.2) is 54.6 Å². The average molecular weight is 326 g/mol. The van der Waals surface area contributed by atoms with Crippen molar-refractivity contribution in [2.45, 2.75) is 13.5 Å². The van der Waals surface area contributed by atoms with Gasteiger partial charge < -0.3 is 15.0 Å². The second-order valence-electron chi connectivity index (χ2n) is 6.38. The highest BCUT2D eigenvalue weighted by Crippen LogP contribution is 2.15. The maximum Gasteiger partial charge on any atom is 0.251 e. The van der Waals surface area contributed by atoms with Crippen molar-refractivity contribution in [1.82, 2.24) is 10.2 Å². The van der Waals surface area contributed by atoms with Crippen LogP contribution in [0.4, 0.5) is 0 Å². The second-order valence-corrected chi connectivity index (χ2v) is 6.38. The Bertz CT molecular complexity index is 641. The molecule has 24 heavy (non-hydrogen) atoms. The van der Waals surface area contributed by atoms with E-state index < -0.39 is 0 Å². The smallest absolute Gasteiger partial charge is 0.251 e. The largest absolute Gasteiger partial charge is 0.489 e. The van der Waals surface area contributed by atoms with Gasteiger partial charge in [0.05, 0.1) is 0 Å². The van der Waals surface area contributed by atoms with E-state index in [0.717, 1.165) is 12.1 Å². The van der Waals surface area contributed by atoms with Gasteiger partial charge in [-0.2, -0.15) is 0 Å². The van der Waals surface area contributed by atoms with Crippen molar-refractivity contribution in [3.63, 3.8) is 0 Å². The summed E-state index contributed by atoms with van der Waals surface area (Å²) in [7, 11) is 4.07. The first kappa shape index (κ1) is 18.0. The highest BCUT2D eigenvalue weighted by Gasteiger charge is 2.09. The van der Waals surface area contributed by atoms with E-state index >= 15 is 0 Å². The van der Waals surface area contributed by atoms with Crippen molar-refractivity contribution in [2.24, 2.45) is 5.92 Å². The molecule has 1 amide bonds. The SMILES string of the molecule is C[C@H](CNC(=O)c1cccc(OCc2ccccc2)c1)CN(C)C. The van der Waals surface area contributed by atoms with Crippen LogP contribution in [0.1, 0.15) is 22.8 Å². The molecule has 0 saturated heterocycles. The molecule has 0 spiro atoms. The normalized spacial score (nSPS) is 12.0. The van der Waals surface area contributed by atoms with Gasteiger partial charge in [-0.05, 0) is 43.8 Å². The summed E-state index contributed by atoms with van der Waals surface area (Å²) >= 11 is 0. The molecule has 0 saturated carbocycles. The molecule has 128 valence electrons. The van der Waals surface area contributed by atoms with E-state index in [1.807, 2.05) is 56.6 Å². The number of benzene rings is 2. The van der Waals surface area contributed by atoms with Crippen LogP contribution < -0.4 is 10.1 Å². The predicted octanol–water partition coefficient (Wildman–Crippen LogP) is 3.19. The van der Waals surface area contributed by atoms with Crippen LogP contribution in [0, 0.1) is 5.92 Å². The van der Waals surface area contributed by atoms with Crippen molar-refractivity contribution < 1.29 is 9.53 Å². The number of rotatable bonds is 8. The van der Waals surface area contributed by atoms with E-state index in [2.05, 4.69) is 17.1 Å². The van der Waals surface area contributed by atoms with Gasteiger partial charge >= 0.3 is 0 Å². The maximum absolute atomic E-state index is 12.3. The molecule has 0 aliphatic rings. The van der Waals surface area contributed by atoms with Crippen LogP contribution in [0.5, 0.6) is 5.75 Å². The molecule has 0 fully saturated rings. The van der Waals surface area contributed by atoms with Crippen LogP contribution in [-0.4, -0.2) is 38.0 Å². The Balaban J connectivity index is 1.88. The summed E-state index contributed by atoms with van der Waals surface area (Å²) in [5.74, 6) is 1.04. The lowest BCUT2D eigenvalue weighted by Gasteiger charge is -2.17. The molecule has 0 aliphatic heterocycles. The third kappa shape index (κ3) is 6.05. The number of amides is 1. The van der Waals surface area contributed by atoms with Gasteiger partial charge in [0.2, 0.25) is 0 Å². The van der Waals surface area contributed by atoms with Crippen LogP contribution in [-0.2, 0) is 6.61 Å². The lowest BCUT2D eigenvalue weighted by molar-refractivity contribution is 0.0945. The standard InChI is InChI=1S/C20H26N2O2/c1-16(14-22(2)3)13-21-20(23)18-10-7-11-19(12-18)24-15-17-8-5-4-6-9-17/h4-12,16H,13-15H2,1-3H3,(H,21,23)/t16-/m1/s1. The molecular formula is C20H26N2O2. The minimum Gasteiger partial charge on any atom is -0.489 e. The fourth-order valence-corrected chi connectivity index (χ4v) is 2.52. The van der Waals surface area contributed by atoms with Crippen molar-refractivity contribution >= 4 is 5.91 Å². The fraction of sp³-hybridized carbons (Fsp3) is 0.350. The summed E-state index contributed by atoms with van der Waals surface area (Å²) in [5, 5.41) is 2.98. The van der Waals surface area contributed by atoms with Gasteiger partial charge in [0, 0.05) is 18.7 Å². The molecule has 1 atom stereocenters. The second kappa shape index (κ2) is 9.08. The summed E-state index contributed by atoms with van der Waals surface area (Å²) in [5.41, 5.74) is 1.72. The third-order valence-corrected chi connectivity index (χ3v) is 3.63. The first-order chi connectivity index (χ1) is 11.5. The first-order valence-corrected chi connectivity index (χ1v) is 8.24. The van der Waals surface area contributed by atoms with Crippen molar-refractivity contribution in [1.29, 1.82) is 0 Å². The molecule has 4 heteroatoms. The van der Waals surface area contributed by atoms with Crippen LogP contribution in [0.25, 0.3) is 0 Å². The fourth-order valence-electron chi connectivity index (χ4n) is 2.52. The summed E-state index contributed by atoms with van der Waals surface area (Å²) in [6.45, 7) is 4.22. The Morgan fingerprint density at radius 2 is 1.88 bits per heavy atom. The van der Waals surface area contributed by atoms with E-state index in [4.69, 9.17) is 4.74 Å². The minimum absolute atomic E-state index is 0.0641. The zero-order valence-corrected chi connectivity index (χ0v) is 14.7. The first-order valence-electron chi connectivity index (χ1n) is 8.24. The highest BCUT2D eigenvalue weighted by molar-refractivity contribution is 5.94. The van der Waals surface area contributed by atoms with Gasteiger partial charge in [0.15, 0.2) is 0 Å². The van der Waals surface area contributed by atoms with Gasteiger partial charge in [-0.1, -0.05) is 43.3 Å². The van der Waals surface area contributed by atoms with Crippen LogP contribution in [0.2, 0.25) is 0 Å². The van der Waals surface area contributed by atoms with Crippen molar-refractivity contribution in [3.05, 3.63) is 65.7 Å². The average Bonchev–Trinajstić information content (AvgIpc) is 2.58. The molecule has 2 aromatic rings. The minimum atomic E-state index is -0.0641. The van der Waals surface area contributed by atoms with E-state index in [1.165, 1.54) is 0 Å². The van der Waals surface area contributed by atoms with Crippen LogP contribution >= 0.6 is 0 Å². The zero-order chi connectivity index (χ0) is 17.4. The molecular weight excluding hydrogens is 300 g/mol. The van der Waals surface area contributed by atoms with Gasteiger partial charge in [-0.25, -0.2) is 0 Å². The van der Waals surface area contributed by atoms with E-state index in [0.29, 0.717) is 30.4 Å². The number of ether oxygens (including phenoxy) is 1. The highest BCUT2D eigenvalue weighted by atomic mass is 16.5. The molecule has 0 unspecified atom stereocenters. The number of nitrogens with one attached hydrogen (secondary N) is 1. The van der Waals surface area contributed by atoms with Crippen LogP contribution in [0.3, 0.4) is 0 Å². The number of carbonyl (C=O) groups excluding carboxylic acids is 1. The molecule has 2 rings (SSSR count). The van der Waals surface area contributed by atoms with Crippen molar-refractivity contribution in [3.8, 4) is 5.75 Å². The monoisotopic (exact) mass is 326 g/mol. The number of hydrogen-bond acceptors (Lipinski definition) is 3. The molecule has 0 bridgehead atoms. The predicted molar refractivity (Wildman–Crippen MR) is 97.3 cm³/mol. The Hall–Kier alpha value is -2.33. The topological polar surface area (TPSA) is 41.6 Å². The molecule has 0 aliphatic carbocycles. The van der Waals surface area contributed by atoms with Crippen molar-refractivity contribution in [2.75, 3.05) is 27.2 Å². The maximum atomic E-state index is 12.3. The Morgan fingerprint density at radius 1 is 1.12 bits per heavy atom. The molecule has 0 aromatic heterocycles. The van der Waals surface area contributed by atoms with Gasteiger partial charge in [0.25, 0.3) is 5.91 Å². The third-order valence-electron chi connectivity index (χ3n) is 3.63. The lowest BCUT2D eigenvalue weighted by atomic mass is 10.1. The summed E-state index contributed by atoms with van der Waals surface area (Å²) in [6, 6.07) is 17.3. The summed E-state index contributed by atoms with van der Waals surface area (Å²) < 4.78 is 5.77. The number of hydrogen-bond donors (Lipinski definition) is 1. The Kier molecular flexibility index (Phi) is 6.82. The van der Waals surface area contributed by atoms with Gasteiger partial charge in [-0.15, -0.1) is 0 Å². The van der Waals surface area contributed by atoms with E-state index in [1.54, 1.807) is 12.1 Å². The Labute approximate surface area is 144 Å². The molecule has 1 N–H and O–H groups in total. The van der Waals surface area contributed by atoms with E-state index in [-0.39, 0.29) is 5.91 Å². The van der Waals surface area contributed by atoms with Gasteiger partial charge in [0.1, 0.15) is 12.4 Å².